The maximum absolute atomic E-state index is 9.22. The summed E-state index contributed by atoms with van der Waals surface area (Å²) in [7, 11) is 1.71. The first-order chi connectivity index (χ1) is 9.72. The zero-order valence-corrected chi connectivity index (χ0v) is 12.3. The molecule has 0 aliphatic heterocycles. The van der Waals surface area contributed by atoms with Gasteiger partial charge in [-0.05, 0) is 49.3 Å². The molecule has 1 aromatic rings. The van der Waals surface area contributed by atoms with Gasteiger partial charge in [-0.1, -0.05) is 19.1 Å². The predicted octanol–water partition coefficient (Wildman–Crippen LogP) is 3.58. The van der Waals surface area contributed by atoms with Crippen LogP contribution in [0.3, 0.4) is 0 Å². The first kappa shape index (κ1) is 14.9. The van der Waals surface area contributed by atoms with Crippen molar-refractivity contribution in [2.24, 2.45) is 11.8 Å². The van der Waals surface area contributed by atoms with Crippen LogP contribution in [0.4, 0.5) is 0 Å². The molecule has 1 aliphatic carbocycles. The summed E-state index contributed by atoms with van der Waals surface area (Å²) in [6.07, 6.45) is 4.01. The lowest BCUT2D eigenvalue weighted by molar-refractivity contribution is 0.0956. The third kappa shape index (κ3) is 3.98. The SMILES string of the molecule is COCCc1ccc(OC2CC(C)CCC2C#N)cc1. The molecule has 3 atom stereocenters. The number of nitrogens with zero attached hydrogens (tertiary/aromatic N) is 1. The van der Waals surface area contributed by atoms with Crippen molar-refractivity contribution in [3.05, 3.63) is 29.8 Å². The van der Waals surface area contributed by atoms with Crippen molar-refractivity contribution in [3.63, 3.8) is 0 Å². The van der Waals surface area contributed by atoms with E-state index < -0.39 is 0 Å². The Kier molecular flexibility index (Phi) is 5.43. The molecule has 0 aromatic heterocycles. The molecule has 108 valence electrons. The molecule has 1 aliphatic rings. The average molecular weight is 273 g/mol. The standard InChI is InChI=1S/C17H23NO2/c1-13-3-6-15(12-18)17(11-13)20-16-7-4-14(5-8-16)9-10-19-2/h4-5,7-8,13,15,17H,3,6,9-11H2,1-2H3. The Balaban J connectivity index is 1.96. The number of hydrogen-bond acceptors (Lipinski definition) is 3. The van der Waals surface area contributed by atoms with Gasteiger partial charge in [-0.3, -0.25) is 0 Å². The van der Waals surface area contributed by atoms with Gasteiger partial charge in [-0.2, -0.15) is 5.26 Å². The van der Waals surface area contributed by atoms with Crippen LogP contribution in [-0.4, -0.2) is 19.8 Å². The molecule has 0 radical (unpaired) electrons. The summed E-state index contributed by atoms with van der Waals surface area (Å²) in [5.74, 6) is 1.54. The Morgan fingerprint density at radius 1 is 1.25 bits per heavy atom. The Bertz CT molecular complexity index is 449. The van der Waals surface area contributed by atoms with Crippen molar-refractivity contribution < 1.29 is 9.47 Å². The first-order valence-corrected chi connectivity index (χ1v) is 7.37. The minimum absolute atomic E-state index is 0.0272. The van der Waals surface area contributed by atoms with Crippen LogP contribution in [0.1, 0.15) is 31.7 Å². The van der Waals surface area contributed by atoms with Gasteiger partial charge in [-0.25, -0.2) is 0 Å². The van der Waals surface area contributed by atoms with Crippen LogP contribution < -0.4 is 4.74 Å². The molecule has 1 saturated carbocycles. The van der Waals surface area contributed by atoms with E-state index in [9.17, 15) is 5.26 Å². The lowest BCUT2D eigenvalue weighted by Gasteiger charge is -2.31. The largest absolute Gasteiger partial charge is 0.489 e. The molecule has 0 bridgehead atoms. The first-order valence-electron chi connectivity index (χ1n) is 7.37. The number of benzene rings is 1. The van der Waals surface area contributed by atoms with Crippen molar-refractivity contribution in [3.8, 4) is 11.8 Å². The summed E-state index contributed by atoms with van der Waals surface area (Å²) in [4.78, 5) is 0. The van der Waals surface area contributed by atoms with Gasteiger partial charge < -0.3 is 9.47 Å². The van der Waals surface area contributed by atoms with E-state index in [4.69, 9.17) is 9.47 Å². The highest BCUT2D eigenvalue weighted by molar-refractivity contribution is 5.27. The normalized spacial score (nSPS) is 25.9. The van der Waals surface area contributed by atoms with Gasteiger partial charge >= 0.3 is 0 Å². The van der Waals surface area contributed by atoms with E-state index in [1.165, 1.54) is 5.56 Å². The van der Waals surface area contributed by atoms with E-state index in [-0.39, 0.29) is 12.0 Å². The molecule has 0 heterocycles. The van der Waals surface area contributed by atoms with E-state index in [1.807, 2.05) is 12.1 Å². The number of hydrogen-bond donors (Lipinski definition) is 0. The molecule has 1 aromatic carbocycles. The lowest BCUT2D eigenvalue weighted by Crippen LogP contribution is -2.32. The van der Waals surface area contributed by atoms with E-state index in [0.29, 0.717) is 5.92 Å². The lowest BCUT2D eigenvalue weighted by atomic mass is 9.81. The molecular weight excluding hydrogens is 250 g/mol. The highest BCUT2D eigenvalue weighted by Gasteiger charge is 2.30. The van der Waals surface area contributed by atoms with Gasteiger partial charge in [0.05, 0.1) is 18.6 Å². The summed E-state index contributed by atoms with van der Waals surface area (Å²) in [5, 5.41) is 9.22. The summed E-state index contributed by atoms with van der Waals surface area (Å²) in [5.41, 5.74) is 1.24. The maximum Gasteiger partial charge on any atom is 0.119 e. The topological polar surface area (TPSA) is 42.2 Å². The van der Waals surface area contributed by atoms with Gasteiger partial charge in [0.15, 0.2) is 0 Å². The fourth-order valence-corrected chi connectivity index (χ4v) is 2.74. The molecule has 0 amide bonds. The van der Waals surface area contributed by atoms with Crippen LogP contribution >= 0.6 is 0 Å². The average Bonchev–Trinajstić information content (AvgIpc) is 2.47. The molecule has 2 rings (SSSR count). The number of rotatable bonds is 5. The van der Waals surface area contributed by atoms with E-state index in [0.717, 1.165) is 38.0 Å². The monoisotopic (exact) mass is 273 g/mol. The highest BCUT2D eigenvalue weighted by Crippen LogP contribution is 2.31. The fraction of sp³-hybridized carbons (Fsp3) is 0.588. The molecule has 0 saturated heterocycles. The minimum atomic E-state index is 0.0272. The molecule has 3 heteroatoms. The van der Waals surface area contributed by atoms with E-state index in [2.05, 4.69) is 25.1 Å². The Labute approximate surface area is 121 Å². The number of ether oxygens (including phenoxy) is 2. The van der Waals surface area contributed by atoms with Crippen LogP contribution in [0.5, 0.6) is 5.75 Å². The van der Waals surface area contributed by atoms with Gasteiger partial charge in [0.25, 0.3) is 0 Å². The van der Waals surface area contributed by atoms with E-state index >= 15 is 0 Å². The van der Waals surface area contributed by atoms with Gasteiger partial charge in [0.1, 0.15) is 11.9 Å². The third-order valence-corrected chi connectivity index (χ3v) is 4.03. The summed E-state index contributed by atoms with van der Waals surface area (Å²) < 4.78 is 11.1. The molecule has 1 fully saturated rings. The van der Waals surface area contributed by atoms with Crippen LogP contribution in [0, 0.1) is 23.2 Å². The molecule has 3 unspecified atom stereocenters. The molecule has 20 heavy (non-hydrogen) atoms. The van der Waals surface area contributed by atoms with Crippen LogP contribution in [0.15, 0.2) is 24.3 Å². The number of methoxy groups -OCH3 is 1. The second kappa shape index (κ2) is 7.31. The quantitative estimate of drug-likeness (QED) is 0.823. The molecular formula is C17H23NO2. The second-order valence-electron chi connectivity index (χ2n) is 5.70. The summed E-state index contributed by atoms with van der Waals surface area (Å²) in [6, 6.07) is 10.5. The Morgan fingerprint density at radius 2 is 2.00 bits per heavy atom. The van der Waals surface area contributed by atoms with E-state index in [1.54, 1.807) is 7.11 Å². The van der Waals surface area contributed by atoms with Gasteiger partial charge in [-0.15, -0.1) is 0 Å². The summed E-state index contributed by atoms with van der Waals surface area (Å²) >= 11 is 0. The maximum atomic E-state index is 9.22. The Hall–Kier alpha value is -1.53. The Morgan fingerprint density at radius 3 is 2.65 bits per heavy atom. The van der Waals surface area contributed by atoms with Crippen LogP contribution in [-0.2, 0) is 11.2 Å². The third-order valence-electron chi connectivity index (χ3n) is 4.03. The highest BCUT2D eigenvalue weighted by atomic mass is 16.5. The van der Waals surface area contributed by atoms with Crippen LogP contribution in [0.2, 0.25) is 0 Å². The second-order valence-corrected chi connectivity index (χ2v) is 5.70. The van der Waals surface area contributed by atoms with Crippen molar-refractivity contribution in [1.82, 2.24) is 0 Å². The van der Waals surface area contributed by atoms with Crippen LogP contribution in [0.25, 0.3) is 0 Å². The zero-order valence-electron chi connectivity index (χ0n) is 12.3. The zero-order chi connectivity index (χ0) is 14.4. The van der Waals surface area contributed by atoms with Crippen molar-refractivity contribution in [2.75, 3.05) is 13.7 Å². The molecule has 0 spiro atoms. The summed E-state index contributed by atoms with van der Waals surface area (Å²) in [6.45, 7) is 2.97. The molecule has 0 N–H and O–H groups in total. The minimum Gasteiger partial charge on any atom is -0.489 e. The van der Waals surface area contributed by atoms with Crippen molar-refractivity contribution in [1.29, 1.82) is 5.26 Å². The number of nitriles is 1. The van der Waals surface area contributed by atoms with Crippen molar-refractivity contribution in [2.45, 2.75) is 38.7 Å². The van der Waals surface area contributed by atoms with Gasteiger partial charge in [0.2, 0.25) is 0 Å². The smallest absolute Gasteiger partial charge is 0.119 e. The van der Waals surface area contributed by atoms with Gasteiger partial charge in [0, 0.05) is 7.11 Å². The fourth-order valence-electron chi connectivity index (χ4n) is 2.74. The van der Waals surface area contributed by atoms with Crippen molar-refractivity contribution >= 4 is 0 Å². The molecule has 3 nitrogen and oxygen atoms in total. The predicted molar refractivity (Wildman–Crippen MR) is 78.6 cm³/mol.